The van der Waals surface area contributed by atoms with Crippen LogP contribution in [0.3, 0.4) is 0 Å². The molecule has 0 bridgehead atoms. The Hall–Kier alpha value is -2.47. The number of aromatic nitrogens is 2. The van der Waals surface area contributed by atoms with E-state index in [4.69, 9.17) is 9.47 Å². The maximum atomic E-state index is 12.8. The second-order valence-corrected chi connectivity index (χ2v) is 7.84. The highest BCUT2D eigenvalue weighted by atomic mass is 16.5. The normalized spacial score (nSPS) is 21.5. The molecule has 1 amide bonds. The van der Waals surface area contributed by atoms with Gasteiger partial charge in [0.2, 0.25) is 5.88 Å². The predicted molar refractivity (Wildman–Crippen MR) is 105 cm³/mol. The lowest BCUT2D eigenvalue weighted by atomic mass is 9.83. The lowest BCUT2D eigenvalue weighted by molar-refractivity contribution is -0.135. The molecule has 148 valence electrons. The van der Waals surface area contributed by atoms with Gasteiger partial charge < -0.3 is 14.4 Å². The van der Waals surface area contributed by atoms with E-state index >= 15 is 0 Å². The summed E-state index contributed by atoms with van der Waals surface area (Å²) >= 11 is 0. The minimum absolute atomic E-state index is 0.0144. The molecule has 1 atom stereocenters. The fraction of sp³-hybridized carbons (Fsp3) is 0.500. The van der Waals surface area contributed by atoms with E-state index in [-0.39, 0.29) is 17.6 Å². The molecule has 28 heavy (non-hydrogen) atoms. The first kappa shape index (κ1) is 18.9. The topological polar surface area (TPSA) is 64.6 Å². The molecule has 0 saturated carbocycles. The fourth-order valence-electron chi connectivity index (χ4n) is 4.16. The molecule has 2 saturated heterocycles. The molecule has 2 aromatic rings. The minimum atomic E-state index is -0.206. The molecule has 4 heterocycles. The molecule has 0 aliphatic carbocycles. The van der Waals surface area contributed by atoms with Crippen molar-refractivity contribution in [2.75, 3.05) is 19.7 Å². The largest absolute Gasteiger partial charge is 0.474 e. The van der Waals surface area contributed by atoms with Crippen LogP contribution in [0.2, 0.25) is 0 Å². The van der Waals surface area contributed by atoms with E-state index in [2.05, 4.69) is 9.97 Å². The number of piperidine rings is 1. The van der Waals surface area contributed by atoms with Crippen LogP contribution in [0.15, 0.2) is 36.5 Å². The summed E-state index contributed by atoms with van der Waals surface area (Å²) in [4.78, 5) is 23.4. The third-order valence-corrected chi connectivity index (χ3v) is 5.77. The average molecular weight is 381 g/mol. The molecule has 4 rings (SSSR count). The number of amides is 1. The number of aryl methyl sites for hydroxylation is 2. The summed E-state index contributed by atoms with van der Waals surface area (Å²) in [6, 6.07) is 9.63. The maximum Gasteiger partial charge on any atom is 0.272 e. The number of carbonyl (C=O) groups excluding carboxylic acids is 1. The van der Waals surface area contributed by atoms with E-state index in [0.717, 1.165) is 36.9 Å². The van der Waals surface area contributed by atoms with Crippen LogP contribution in [0.4, 0.5) is 0 Å². The van der Waals surface area contributed by atoms with Crippen LogP contribution < -0.4 is 4.74 Å². The Morgan fingerprint density at radius 3 is 2.79 bits per heavy atom. The molecule has 0 aromatic carbocycles. The van der Waals surface area contributed by atoms with Crippen molar-refractivity contribution in [1.82, 2.24) is 14.9 Å². The SMILES string of the molecule is Cc1cccc(OC2CCOC3(CCN(C(=O)c4ncccc4C)CC3)C2)n1. The zero-order valence-electron chi connectivity index (χ0n) is 16.6. The minimum Gasteiger partial charge on any atom is -0.474 e. The summed E-state index contributed by atoms with van der Waals surface area (Å²) in [5.74, 6) is 0.695. The summed E-state index contributed by atoms with van der Waals surface area (Å²) in [6.45, 7) is 5.95. The third-order valence-electron chi connectivity index (χ3n) is 5.77. The number of carbonyl (C=O) groups is 1. The quantitative estimate of drug-likeness (QED) is 0.816. The van der Waals surface area contributed by atoms with E-state index in [1.54, 1.807) is 6.20 Å². The van der Waals surface area contributed by atoms with Gasteiger partial charge in [-0.25, -0.2) is 4.98 Å². The monoisotopic (exact) mass is 381 g/mol. The molecule has 0 radical (unpaired) electrons. The van der Waals surface area contributed by atoms with E-state index < -0.39 is 0 Å². The van der Waals surface area contributed by atoms with Crippen LogP contribution in [0, 0.1) is 13.8 Å². The van der Waals surface area contributed by atoms with Crippen molar-refractivity contribution in [2.24, 2.45) is 0 Å². The lowest BCUT2D eigenvalue weighted by Crippen LogP contribution is -2.52. The van der Waals surface area contributed by atoms with Gasteiger partial charge in [-0.15, -0.1) is 0 Å². The van der Waals surface area contributed by atoms with Gasteiger partial charge in [-0.05, 0) is 44.4 Å². The van der Waals surface area contributed by atoms with Gasteiger partial charge in [-0.2, -0.15) is 0 Å². The number of hydrogen-bond donors (Lipinski definition) is 0. The summed E-state index contributed by atoms with van der Waals surface area (Å²) in [6.07, 6.45) is 5.14. The van der Waals surface area contributed by atoms with Crippen molar-refractivity contribution in [2.45, 2.75) is 51.2 Å². The van der Waals surface area contributed by atoms with Gasteiger partial charge >= 0.3 is 0 Å². The molecular weight excluding hydrogens is 354 g/mol. The van der Waals surface area contributed by atoms with Gasteiger partial charge in [0.25, 0.3) is 5.91 Å². The summed E-state index contributed by atoms with van der Waals surface area (Å²) in [5.41, 5.74) is 2.22. The Balaban J connectivity index is 1.38. The molecule has 1 spiro atoms. The lowest BCUT2D eigenvalue weighted by Gasteiger charge is -2.45. The van der Waals surface area contributed by atoms with Crippen LogP contribution in [0.5, 0.6) is 5.88 Å². The Morgan fingerprint density at radius 1 is 1.21 bits per heavy atom. The zero-order valence-corrected chi connectivity index (χ0v) is 16.6. The van der Waals surface area contributed by atoms with Gasteiger partial charge in [-0.3, -0.25) is 9.78 Å². The van der Waals surface area contributed by atoms with Crippen molar-refractivity contribution in [1.29, 1.82) is 0 Å². The van der Waals surface area contributed by atoms with Gasteiger partial charge in [0.15, 0.2) is 0 Å². The van der Waals surface area contributed by atoms with Crippen molar-refractivity contribution >= 4 is 5.91 Å². The molecule has 2 fully saturated rings. The number of rotatable bonds is 3. The highest BCUT2D eigenvalue weighted by Gasteiger charge is 2.42. The number of nitrogens with zero attached hydrogens (tertiary/aromatic N) is 3. The van der Waals surface area contributed by atoms with Crippen molar-refractivity contribution in [3.05, 3.63) is 53.5 Å². The Labute approximate surface area is 165 Å². The van der Waals surface area contributed by atoms with Crippen molar-refractivity contribution in [3.63, 3.8) is 0 Å². The van der Waals surface area contributed by atoms with Crippen molar-refractivity contribution < 1.29 is 14.3 Å². The molecule has 1 unspecified atom stereocenters. The van der Waals surface area contributed by atoms with Gasteiger partial charge in [0.05, 0.1) is 12.2 Å². The molecule has 2 aliphatic heterocycles. The third kappa shape index (κ3) is 4.02. The summed E-state index contributed by atoms with van der Waals surface area (Å²) < 4.78 is 12.3. The number of hydrogen-bond acceptors (Lipinski definition) is 5. The van der Waals surface area contributed by atoms with Crippen LogP contribution in [-0.4, -0.2) is 52.2 Å². The van der Waals surface area contributed by atoms with E-state index in [0.29, 0.717) is 31.3 Å². The second kappa shape index (κ2) is 7.87. The molecule has 2 aliphatic rings. The smallest absolute Gasteiger partial charge is 0.272 e. The number of likely N-dealkylation sites (tertiary alicyclic amines) is 1. The van der Waals surface area contributed by atoms with Gasteiger partial charge in [0.1, 0.15) is 11.8 Å². The molecule has 6 heteroatoms. The number of ether oxygens (including phenoxy) is 2. The van der Waals surface area contributed by atoms with Crippen LogP contribution in [0.25, 0.3) is 0 Å². The first-order valence-corrected chi connectivity index (χ1v) is 10.00. The molecular formula is C22H27N3O3. The predicted octanol–water partition coefficient (Wildman–Crippen LogP) is 3.33. The molecule has 6 nitrogen and oxygen atoms in total. The van der Waals surface area contributed by atoms with Gasteiger partial charge in [-0.1, -0.05) is 12.1 Å². The second-order valence-electron chi connectivity index (χ2n) is 7.84. The van der Waals surface area contributed by atoms with E-state index in [9.17, 15) is 4.79 Å². The Kier molecular flexibility index (Phi) is 5.31. The average Bonchev–Trinajstić information content (AvgIpc) is 2.69. The first-order chi connectivity index (χ1) is 13.5. The highest BCUT2D eigenvalue weighted by Crippen LogP contribution is 2.36. The highest BCUT2D eigenvalue weighted by molar-refractivity contribution is 5.93. The van der Waals surface area contributed by atoms with Crippen LogP contribution in [-0.2, 0) is 4.74 Å². The molecule has 0 N–H and O–H groups in total. The first-order valence-electron chi connectivity index (χ1n) is 10.00. The van der Waals surface area contributed by atoms with Crippen molar-refractivity contribution in [3.8, 4) is 5.88 Å². The summed E-state index contributed by atoms with van der Waals surface area (Å²) in [5, 5.41) is 0. The Bertz CT molecular complexity index is 846. The zero-order chi connectivity index (χ0) is 19.6. The molecule has 2 aromatic heterocycles. The standard InChI is InChI=1S/C22H27N3O3/c1-16-5-4-11-23-20(16)21(26)25-12-9-22(10-13-25)15-18(8-14-27-22)28-19-7-3-6-17(2)24-19/h3-7,11,18H,8-10,12-15H2,1-2H3. The summed E-state index contributed by atoms with van der Waals surface area (Å²) in [7, 11) is 0. The fourth-order valence-corrected chi connectivity index (χ4v) is 4.16. The van der Waals surface area contributed by atoms with Crippen LogP contribution >= 0.6 is 0 Å². The van der Waals surface area contributed by atoms with Crippen LogP contribution in [0.1, 0.15) is 47.4 Å². The number of pyridine rings is 2. The maximum absolute atomic E-state index is 12.8. The Morgan fingerprint density at radius 2 is 2.04 bits per heavy atom. The van der Waals surface area contributed by atoms with E-state index in [1.165, 1.54) is 0 Å². The van der Waals surface area contributed by atoms with E-state index in [1.807, 2.05) is 49.1 Å². The van der Waals surface area contributed by atoms with Gasteiger partial charge in [0, 0.05) is 43.9 Å².